The minimum absolute atomic E-state index is 0.0170. The molecule has 230 valence electrons. The number of benzene rings is 3. The van der Waals surface area contributed by atoms with Crippen LogP contribution in [0.3, 0.4) is 0 Å². The Bertz CT molecular complexity index is 1470. The fourth-order valence-electron chi connectivity index (χ4n) is 3.71. The van der Waals surface area contributed by atoms with Crippen LogP contribution in [0.1, 0.15) is 34.3 Å². The van der Waals surface area contributed by atoms with E-state index in [2.05, 4.69) is 0 Å². The summed E-state index contributed by atoms with van der Waals surface area (Å²) in [7, 11) is 0. The molecule has 0 aromatic heterocycles. The first-order valence-corrected chi connectivity index (χ1v) is 12.5. The summed E-state index contributed by atoms with van der Waals surface area (Å²) < 4.78 is 99.5. The number of rotatable bonds is 12. The first kappa shape index (κ1) is 32.8. The lowest BCUT2D eigenvalue weighted by molar-refractivity contribution is -0.355. The summed E-state index contributed by atoms with van der Waals surface area (Å²) in [5.41, 5.74) is 13.6. The predicted molar refractivity (Wildman–Crippen MR) is 143 cm³/mol. The maximum absolute atomic E-state index is 13.3. The third kappa shape index (κ3) is 8.40. The van der Waals surface area contributed by atoms with Crippen molar-refractivity contribution in [2.24, 2.45) is 0 Å². The van der Waals surface area contributed by atoms with Crippen molar-refractivity contribution in [3.05, 3.63) is 89.0 Å². The van der Waals surface area contributed by atoms with Crippen molar-refractivity contribution in [1.82, 2.24) is 0 Å². The van der Waals surface area contributed by atoms with Crippen LogP contribution in [0.25, 0.3) is 6.08 Å². The number of carboxylic acid groups (broad SMARTS) is 1. The smallest absolute Gasteiger partial charge is 0.459 e. The van der Waals surface area contributed by atoms with Gasteiger partial charge in [-0.15, -0.1) is 0 Å². The molecule has 3 aromatic rings. The van der Waals surface area contributed by atoms with Gasteiger partial charge in [-0.2, -0.15) is 30.7 Å². The molecule has 7 nitrogen and oxygen atoms in total. The van der Waals surface area contributed by atoms with Crippen LogP contribution in [0.2, 0.25) is 0 Å². The molecule has 0 saturated carbocycles. The van der Waals surface area contributed by atoms with Crippen molar-refractivity contribution in [1.29, 1.82) is 0 Å². The van der Waals surface area contributed by atoms with E-state index < -0.39 is 49.4 Å². The molecule has 5 N–H and O–H groups in total. The molecule has 0 aliphatic rings. The number of esters is 1. The van der Waals surface area contributed by atoms with Gasteiger partial charge < -0.3 is 26.0 Å². The number of hydrogen-bond donors (Lipinski definition) is 3. The first-order chi connectivity index (χ1) is 20.0. The van der Waals surface area contributed by atoms with Crippen LogP contribution in [0.4, 0.5) is 42.1 Å². The largest absolute Gasteiger partial charge is 0.494 e. The van der Waals surface area contributed by atoms with Crippen molar-refractivity contribution >= 4 is 29.4 Å². The van der Waals surface area contributed by atoms with Crippen molar-refractivity contribution in [3.8, 4) is 11.5 Å². The molecule has 0 radical (unpaired) electrons. The number of ether oxygens (including phenoxy) is 2. The first-order valence-electron chi connectivity index (χ1n) is 12.5. The van der Waals surface area contributed by atoms with Crippen LogP contribution in [0.15, 0.2) is 72.3 Å². The fourth-order valence-corrected chi connectivity index (χ4v) is 3.71. The van der Waals surface area contributed by atoms with Gasteiger partial charge in [0.25, 0.3) is 0 Å². The Hall–Kier alpha value is -4.75. The van der Waals surface area contributed by atoms with E-state index in [4.69, 9.17) is 20.9 Å². The molecule has 0 saturated heterocycles. The topological polar surface area (TPSA) is 125 Å². The van der Waals surface area contributed by atoms with Crippen molar-refractivity contribution in [2.45, 2.75) is 37.3 Å². The molecule has 14 heteroatoms. The second kappa shape index (κ2) is 13.0. The number of hydrogen-bond acceptors (Lipinski definition) is 6. The molecule has 0 heterocycles. The van der Waals surface area contributed by atoms with Gasteiger partial charge >= 0.3 is 30.0 Å². The van der Waals surface area contributed by atoms with Gasteiger partial charge in [0, 0.05) is 29.8 Å². The Balaban J connectivity index is 1.55. The summed E-state index contributed by atoms with van der Waals surface area (Å²) in [6, 6.07) is 15.7. The van der Waals surface area contributed by atoms with Crippen LogP contribution in [-0.4, -0.2) is 41.7 Å². The second-order valence-electron chi connectivity index (χ2n) is 9.32. The van der Waals surface area contributed by atoms with Gasteiger partial charge in [0.05, 0.1) is 12.2 Å². The van der Waals surface area contributed by atoms with Crippen molar-refractivity contribution < 1.29 is 54.9 Å². The van der Waals surface area contributed by atoms with E-state index in [0.717, 1.165) is 0 Å². The predicted octanol–water partition coefficient (Wildman–Crippen LogP) is 6.77. The van der Waals surface area contributed by atoms with Crippen LogP contribution in [0.5, 0.6) is 11.5 Å². The Morgan fingerprint density at radius 1 is 0.837 bits per heavy atom. The average Bonchev–Trinajstić information content (AvgIpc) is 2.93. The summed E-state index contributed by atoms with van der Waals surface area (Å²) in [5, 5.41) is 9.61. The van der Waals surface area contributed by atoms with E-state index in [0.29, 0.717) is 22.5 Å². The number of nitrogen functional groups attached to an aromatic ring is 2. The van der Waals surface area contributed by atoms with E-state index in [1.165, 1.54) is 54.6 Å². The molecule has 0 bridgehead atoms. The summed E-state index contributed by atoms with van der Waals surface area (Å²) in [5.74, 6) is -13.2. The summed E-state index contributed by atoms with van der Waals surface area (Å²) in [6.45, 7) is -0.579. The van der Waals surface area contributed by atoms with Gasteiger partial charge in [0.1, 0.15) is 11.5 Å². The molecule has 0 aliphatic carbocycles. The third-order valence-corrected chi connectivity index (χ3v) is 6.06. The molecule has 0 atom stereocenters. The fraction of sp³-hybridized carbons (Fsp3) is 0.241. The van der Waals surface area contributed by atoms with E-state index in [-0.39, 0.29) is 29.1 Å². The lowest BCUT2D eigenvalue weighted by atomic mass is 10.0. The monoisotopic (exact) mass is 614 g/mol. The molecule has 3 rings (SSSR count). The maximum atomic E-state index is 13.3. The van der Waals surface area contributed by atoms with Crippen LogP contribution in [0, 0.1) is 0 Å². The zero-order valence-corrected chi connectivity index (χ0v) is 22.1. The molecule has 0 aliphatic heterocycles. The van der Waals surface area contributed by atoms with Crippen molar-refractivity contribution in [3.63, 3.8) is 0 Å². The molecule has 3 aromatic carbocycles. The summed E-state index contributed by atoms with van der Waals surface area (Å²) >= 11 is 0. The SMILES string of the molecule is Nc1ccc(N)c(C/C(=C\c2ccc(OC(=O)c3ccc(OCCCC(F)(F)C(F)(F)C(F)(F)F)cc3)cc2)C(=O)O)c1. The minimum Gasteiger partial charge on any atom is -0.494 e. The van der Waals surface area contributed by atoms with Crippen molar-refractivity contribution in [2.75, 3.05) is 18.1 Å². The molecular formula is C29H25F7N2O5. The van der Waals surface area contributed by atoms with E-state index >= 15 is 0 Å². The van der Waals surface area contributed by atoms with Gasteiger partial charge in [-0.3, -0.25) is 0 Å². The number of anilines is 2. The average molecular weight is 615 g/mol. The number of halogens is 7. The standard InChI is InChI=1S/C29H25F7N2O5/c30-27(31,28(32,33)29(34,35)36)12-1-13-42-22-9-4-18(5-10-22)26(41)43-23-7-2-17(3-8-23)14-20(25(39)40)15-19-16-21(37)6-11-24(19)38/h2-11,14,16H,1,12-13,15,37-38H2,(H,39,40)/b20-14+. The molecule has 0 spiro atoms. The van der Waals surface area contributed by atoms with Gasteiger partial charge in [-0.1, -0.05) is 12.1 Å². The highest BCUT2D eigenvalue weighted by Gasteiger charge is 2.72. The lowest BCUT2D eigenvalue weighted by Gasteiger charge is -2.28. The van der Waals surface area contributed by atoms with E-state index in [1.807, 2.05) is 0 Å². The number of carbonyl (C=O) groups excluding carboxylic acids is 1. The molecular weight excluding hydrogens is 589 g/mol. The van der Waals surface area contributed by atoms with Gasteiger partial charge in [0.2, 0.25) is 0 Å². The highest BCUT2D eigenvalue weighted by Crippen LogP contribution is 2.48. The third-order valence-electron chi connectivity index (χ3n) is 6.06. The Morgan fingerprint density at radius 2 is 1.44 bits per heavy atom. The van der Waals surface area contributed by atoms with Gasteiger partial charge in [-0.25, -0.2) is 9.59 Å². The second-order valence-corrected chi connectivity index (χ2v) is 9.32. The van der Waals surface area contributed by atoms with E-state index in [1.54, 1.807) is 18.2 Å². The van der Waals surface area contributed by atoms with E-state index in [9.17, 15) is 45.4 Å². The molecule has 0 fully saturated rings. The summed E-state index contributed by atoms with van der Waals surface area (Å²) in [6.07, 6.45) is -7.50. The number of nitrogens with two attached hydrogens (primary N) is 2. The quantitative estimate of drug-likeness (QED) is 0.0514. The highest BCUT2D eigenvalue weighted by atomic mass is 19.4. The Morgan fingerprint density at radius 3 is 2.02 bits per heavy atom. The number of carbonyl (C=O) groups is 2. The lowest BCUT2D eigenvalue weighted by Crippen LogP contribution is -2.51. The zero-order valence-electron chi connectivity index (χ0n) is 22.1. The highest BCUT2D eigenvalue weighted by molar-refractivity contribution is 5.93. The van der Waals surface area contributed by atoms with Crippen LogP contribution < -0.4 is 20.9 Å². The number of alkyl halides is 7. The van der Waals surface area contributed by atoms with Gasteiger partial charge in [0.15, 0.2) is 0 Å². The van der Waals surface area contributed by atoms with Crippen LogP contribution >= 0.6 is 0 Å². The zero-order chi connectivity index (χ0) is 32.0. The van der Waals surface area contributed by atoms with Crippen LogP contribution in [-0.2, 0) is 11.2 Å². The number of carboxylic acids is 1. The minimum atomic E-state index is -6.39. The normalized spacial score (nSPS) is 12.6. The molecule has 0 amide bonds. The molecule has 43 heavy (non-hydrogen) atoms. The Labute approximate surface area is 240 Å². The summed E-state index contributed by atoms with van der Waals surface area (Å²) in [4.78, 5) is 24.2. The maximum Gasteiger partial charge on any atom is 0.459 e. The molecule has 0 unspecified atom stereocenters. The number of aliphatic carboxylic acids is 1. The van der Waals surface area contributed by atoms with Gasteiger partial charge in [-0.05, 0) is 78.2 Å². The Kier molecular flexibility index (Phi) is 9.94.